The van der Waals surface area contributed by atoms with Crippen LogP contribution < -0.4 is 19.5 Å². The zero-order valence-electron chi connectivity index (χ0n) is 21.4. The van der Waals surface area contributed by atoms with Crippen molar-refractivity contribution < 1.29 is 38.7 Å². The molecule has 2 aliphatic rings. The molecule has 9 heteroatoms. The molecule has 1 amide bonds. The summed E-state index contributed by atoms with van der Waals surface area (Å²) in [6.07, 6.45) is -1.66. The monoisotopic (exact) mass is 519 g/mol. The van der Waals surface area contributed by atoms with Gasteiger partial charge in [-0.15, -0.1) is 0 Å². The van der Waals surface area contributed by atoms with Crippen LogP contribution in [0.5, 0.6) is 17.2 Å². The molecule has 9 nitrogen and oxygen atoms in total. The standard InChI is InChI=1S/C29H29NO8/c1-30-26(32)17-14-20(36-3)24-21(15-17)38-29(18-10-12-19(35-2)13-11-18)23(16-8-6-5-7-9-16)22(27(33)37-4)25(31)28(24,29)34/h5-15,22-23,25,31,34H,1-4H3,(H,30,32)/t22-,23-,25-,28+,29+/m1/s1. The van der Waals surface area contributed by atoms with Gasteiger partial charge in [-0.3, -0.25) is 9.59 Å². The summed E-state index contributed by atoms with van der Waals surface area (Å²) in [5, 5.41) is 27.2. The summed E-state index contributed by atoms with van der Waals surface area (Å²) in [5.74, 6) is -2.32. The maximum Gasteiger partial charge on any atom is 0.312 e. The van der Waals surface area contributed by atoms with Gasteiger partial charge in [-0.2, -0.15) is 0 Å². The van der Waals surface area contributed by atoms with Crippen LogP contribution in [-0.2, 0) is 20.7 Å². The summed E-state index contributed by atoms with van der Waals surface area (Å²) in [4.78, 5) is 25.8. The fourth-order valence-corrected chi connectivity index (χ4v) is 6.08. The number of aliphatic hydroxyl groups excluding tert-OH is 1. The van der Waals surface area contributed by atoms with Crippen LogP contribution in [0.1, 0.15) is 33.0 Å². The number of carbonyl (C=O) groups excluding carboxylic acids is 2. The van der Waals surface area contributed by atoms with Gasteiger partial charge in [0, 0.05) is 18.5 Å². The first-order chi connectivity index (χ1) is 18.3. The number of hydrogen-bond donors (Lipinski definition) is 3. The first kappa shape index (κ1) is 25.6. The van der Waals surface area contributed by atoms with Gasteiger partial charge in [-0.25, -0.2) is 0 Å². The third-order valence-corrected chi connectivity index (χ3v) is 7.71. The molecule has 1 fully saturated rings. The molecule has 5 atom stereocenters. The van der Waals surface area contributed by atoms with Gasteiger partial charge < -0.3 is 34.5 Å². The van der Waals surface area contributed by atoms with Crippen molar-refractivity contribution in [3.05, 3.63) is 89.0 Å². The summed E-state index contributed by atoms with van der Waals surface area (Å²) >= 11 is 0. The highest BCUT2D eigenvalue weighted by atomic mass is 16.5. The second kappa shape index (κ2) is 9.34. The predicted octanol–water partition coefficient (Wildman–Crippen LogP) is 2.49. The molecule has 3 aromatic rings. The molecule has 1 heterocycles. The lowest BCUT2D eigenvalue weighted by atomic mass is 9.70. The van der Waals surface area contributed by atoms with E-state index in [1.165, 1.54) is 40.5 Å². The van der Waals surface area contributed by atoms with Crippen molar-refractivity contribution in [1.82, 2.24) is 5.32 Å². The highest BCUT2D eigenvalue weighted by Crippen LogP contribution is 2.70. The van der Waals surface area contributed by atoms with Gasteiger partial charge in [0.1, 0.15) is 23.4 Å². The maximum atomic E-state index is 13.3. The summed E-state index contributed by atoms with van der Waals surface area (Å²) < 4.78 is 22.8. The summed E-state index contributed by atoms with van der Waals surface area (Å²) in [7, 11) is 5.67. The van der Waals surface area contributed by atoms with Crippen LogP contribution in [0.3, 0.4) is 0 Å². The fraction of sp³-hybridized carbons (Fsp3) is 0.310. The Morgan fingerprint density at radius 2 is 1.66 bits per heavy atom. The van der Waals surface area contributed by atoms with Gasteiger partial charge in [-0.05, 0) is 35.4 Å². The molecule has 5 rings (SSSR count). The number of amides is 1. The number of fused-ring (bicyclic) bond motifs is 3. The molecular formula is C29H29NO8. The Bertz CT molecular complexity index is 1380. The number of carbonyl (C=O) groups is 2. The van der Waals surface area contributed by atoms with Crippen LogP contribution in [0.4, 0.5) is 0 Å². The molecule has 0 aromatic heterocycles. The number of benzene rings is 3. The summed E-state index contributed by atoms with van der Waals surface area (Å²) in [6.45, 7) is 0. The average molecular weight is 520 g/mol. The molecule has 0 bridgehead atoms. The van der Waals surface area contributed by atoms with Crippen molar-refractivity contribution in [3.8, 4) is 17.2 Å². The molecule has 1 aliphatic carbocycles. The molecule has 1 aliphatic heterocycles. The number of ether oxygens (including phenoxy) is 4. The van der Waals surface area contributed by atoms with Gasteiger partial charge in [0.05, 0.1) is 32.8 Å². The number of nitrogens with one attached hydrogen (secondary N) is 1. The van der Waals surface area contributed by atoms with E-state index in [9.17, 15) is 19.8 Å². The van der Waals surface area contributed by atoms with Gasteiger partial charge in [-0.1, -0.05) is 42.5 Å². The van der Waals surface area contributed by atoms with Crippen molar-refractivity contribution in [2.45, 2.75) is 23.2 Å². The minimum Gasteiger partial charge on any atom is -0.497 e. The number of rotatable bonds is 6. The normalized spacial score (nSPS) is 27.1. The van der Waals surface area contributed by atoms with Crippen LogP contribution in [0.25, 0.3) is 0 Å². The molecular weight excluding hydrogens is 490 g/mol. The third kappa shape index (κ3) is 3.32. The number of aliphatic hydroxyl groups is 2. The Hall–Kier alpha value is -4.08. The van der Waals surface area contributed by atoms with Crippen molar-refractivity contribution >= 4 is 11.9 Å². The van der Waals surface area contributed by atoms with Gasteiger partial charge in [0.2, 0.25) is 0 Å². The van der Waals surface area contributed by atoms with Gasteiger partial charge >= 0.3 is 5.97 Å². The SMILES string of the molecule is CNC(=O)c1cc(OC)c2c(c1)O[C@@]1(c3ccc(OC)cc3)[C@H](c3ccccc3)[C@@H](C(=O)OC)[C@@H](O)[C@@]21O. The van der Waals surface area contributed by atoms with E-state index in [0.717, 1.165) is 0 Å². The Kier molecular flexibility index (Phi) is 6.28. The zero-order valence-corrected chi connectivity index (χ0v) is 21.4. The largest absolute Gasteiger partial charge is 0.497 e. The second-order valence-corrected chi connectivity index (χ2v) is 9.35. The van der Waals surface area contributed by atoms with E-state index in [1.54, 1.807) is 24.3 Å². The molecule has 3 aromatic carbocycles. The number of methoxy groups -OCH3 is 3. The minimum absolute atomic E-state index is 0.135. The Morgan fingerprint density at radius 3 is 2.24 bits per heavy atom. The molecule has 0 spiro atoms. The summed E-state index contributed by atoms with van der Waals surface area (Å²) in [5.41, 5.74) is -2.37. The van der Waals surface area contributed by atoms with Crippen molar-refractivity contribution in [2.75, 3.05) is 28.4 Å². The fourth-order valence-electron chi connectivity index (χ4n) is 6.08. The van der Waals surface area contributed by atoms with Crippen LogP contribution in [0.15, 0.2) is 66.7 Å². The predicted molar refractivity (Wildman–Crippen MR) is 136 cm³/mol. The van der Waals surface area contributed by atoms with Crippen molar-refractivity contribution in [1.29, 1.82) is 0 Å². The maximum absolute atomic E-state index is 13.3. The number of esters is 1. The van der Waals surface area contributed by atoms with Crippen LogP contribution in [0.2, 0.25) is 0 Å². The van der Waals surface area contributed by atoms with E-state index >= 15 is 0 Å². The molecule has 0 saturated heterocycles. The Balaban J connectivity index is 1.88. The second-order valence-electron chi connectivity index (χ2n) is 9.35. The third-order valence-electron chi connectivity index (χ3n) is 7.71. The van der Waals surface area contributed by atoms with Gasteiger partial charge in [0.15, 0.2) is 11.2 Å². The highest BCUT2D eigenvalue weighted by Gasteiger charge is 2.78. The van der Waals surface area contributed by atoms with E-state index in [1.807, 2.05) is 30.3 Å². The van der Waals surface area contributed by atoms with Crippen molar-refractivity contribution in [3.63, 3.8) is 0 Å². The average Bonchev–Trinajstić information content (AvgIpc) is 3.34. The number of hydrogen-bond acceptors (Lipinski definition) is 8. The van der Waals surface area contributed by atoms with Crippen LogP contribution in [0, 0.1) is 5.92 Å². The lowest BCUT2D eigenvalue weighted by molar-refractivity contribution is -0.161. The molecule has 0 unspecified atom stereocenters. The molecule has 1 saturated carbocycles. The highest BCUT2D eigenvalue weighted by molar-refractivity contribution is 5.95. The first-order valence-corrected chi connectivity index (χ1v) is 12.1. The van der Waals surface area contributed by atoms with E-state index in [4.69, 9.17) is 18.9 Å². The van der Waals surface area contributed by atoms with E-state index < -0.39 is 35.1 Å². The molecule has 0 radical (unpaired) electrons. The molecule has 198 valence electrons. The first-order valence-electron chi connectivity index (χ1n) is 12.1. The minimum atomic E-state index is -2.18. The lowest BCUT2D eigenvalue weighted by Crippen LogP contribution is -2.52. The summed E-state index contributed by atoms with van der Waals surface area (Å²) in [6, 6.07) is 18.9. The van der Waals surface area contributed by atoms with E-state index in [0.29, 0.717) is 16.9 Å². The quantitative estimate of drug-likeness (QED) is 0.425. The van der Waals surface area contributed by atoms with Crippen LogP contribution >= 0.6 is 0 Å². The van der Waals surface area contributed by atoms with Gasteiger partial charge in [0.25, 0.3) is 5.91 Å². The molecule has 3 N–H and O–H groups in total. The Labute approximate surface area is 219 Å². The van der Waals surface area contributed by atoms with Crippen LogP contribution in [-0.4, -0.2) is 56.6 Å². The van der Waals surface area contributed by atoms with E-state index in [2.05, 4.69) is 5.32 Å². The van der Waals surface area contributed by atoms with E-state index in [-0.39, 0.29) is 28.5 Å². The smallest absolute Gasteiger partial charge is 0.312 e. The molecule has 38 heavy (non-hydrogen) atoms. The topological polar surface area (TPSA) is 124 Å². The zero-order chi connectivity index (χ0) is 27.2. The van der Waals surface area contributed by atoms with Crippen molar-refractivity contribution in [2.24, 2.45) is 5.92 Å². The Morgan fingerprint density at radius 1 is 0.974 bits per heavy atom. The lowest BCUT2D eigenvalue weighted by Gasteiger charge is -2.40.